The Labute approximate surface area is 102 Å². The summed E-state index contributed by atoms with van der Waals surface area (Å²) in [6, 6.07) is 9.46. The molecule has 1 aromatic rings. The second-order valence-corrected chi connectivity index (χ2v) is 4.41. The molecule has 0 aliphatic carbocycles. The van der Waals surface area contributed by atoms with E-state index in [1.165, 1.54) is 0 Å². The van der Waals surface area contributed by atoms with Crippen molar-refractivity contribution in [2.24, 2.45) is 0 Å². The van der Waals surface area contributed by atoms with Crippen LogP contribution in [0.1, 0.15) is 11.7 Å². The molecular formula is C13H20N2O2. The van der Waals surface area contributed by atoms with Crippen LogP contribution in [0.4, 0.5) is 0 Å². The average molecular weight is 236 g/mol. The number of amides is 1. The molecule has 0 radical (unpaired) electrons. The third-order valence-electron chi connectivity index (χ3n) is 2.57. The second kappa shape index (κ2) is 6.37. The Balaban J connectivity index is 2.46. The standard InChI is InChI=1S/C13H20N2O2/c1-14(2)13(17)10-15(3)9-12(16)11-7-5-4-6-8-11/h4-8,12,16H,9-10H2,1-3H3. The molecule has 0 aromatic heterocycles. The number of benzene rings is 1. The Morgan fingerprint density at radius 2 is 1.82 bits per heavy atom. The van der Waals surface area contributed by atoms with Gasteiger partial charge in [0.05, 0.1) is 12.6 Å². The van der Waals surface area contributed by atoms with Gasteiger partial charge in [0.1, 0.15) is 0 Å². The summed E-state index contributed by atoms with van der Waals surface area (Å²) in [4.78, 5) is 14.8. The van der Waals surface area contributed by atoms with Crippen molar-refractivity contribution in [2.45, 2.75) is 6.10 Å². The smallest absolute Gasteiger partial charge is 0.236 e. The van der Waals surface area contributed by atoms with E-state index in [4.69, 9.17) is 0 Å². The van der Waals surface area contributed by atoms with Gasteiger partial charge in [0.15, 0.2) is 0 Å². The minimum Gasteiger partial charge on any atom is -0.387 e. The quantitative estimate of drug-likeness (QED) is 0.820. The van der Waals surface area contributed by atoms with Gasteiger partial charge in [-0.15, -0.1) is 0 Å². The minimum absolute atomic E-state index is 0.0350. The first-order chi connectivity index (χ1) is 8.00. The zero-order chi connectivity index (χ0) is 12.8. The van der Waals surface area contributed by atoms with Crippen LogP contribution in [0.15, 0.2) is 30.3 Å². The summed E-state index contributed by atoms with van der Waals surface area (Å²) in [5, 5.41) is 9.98. The van der Waals surface area contributed by atoms with Crippen LogP contribution in [0.3, 0.4) is 0 Å². The second-order valence-electron chi connectivity index (χ2n) is 4.41. The Morgan fingerprint density at radius 3 is 2.35 bits per heavy atom. The van der Waals surface area contributed by atoms with Gasteiger partial charge in [-0.3, -0.25) is 9.69 Å². The molecule has 1 rings (SSSR count). The monoisotopic (exact) mass is 236 g/mol. The summed E-state index contributed by atoms with van der Waals surface area (Å²) in [5.41, 5.74) is 0.872. The fourth-order valence-corrected chi connectivity index (χ4v) is 1.51. The molecule has 0 bridgehead atoms. The van der Waals surface area contributed by atoms with E-state index in [9.17, 15) is 9.90 Å². The molecule has 0 saturated carbocycles. The summed E-state index contributed by atoms with van der Waals surface area (Å²) in [5.74, 6) is 0.0350. The fourth-order valence-electron chi connectivity index (χ4n) is 1.51. The Kier molecular flexibility index (Phi) is 5.12. The number of aliphatic hydroxyl groups is 1. The number of carbonyl (C=O) groups is 1. The minimum atomic E-state index is -0.559. The first kappa shape index (κ1) is 13.7. The van der Waals surface area contributed by atoms with E-state index in [-0.39, 0.29) is 5.91 Å². The number of aliphatic hydroxyl groups excluding tert-OH is 1. The molecule has 4 nitrogen and oxygen atoms in total. The van der Waals surface area contributed by atoms with Crippen molar-refractivity contribution in [1.29, 1.82) is 0 Å². The Hall–Kier alpha value is -1.39. The van der Waals surface area contributed by atoms with Crippen molar-refractivity contribution in [3.05, 3.63) is 35.9 Å². The highest BCUT2D eigenvalue weighted by atomic mass is 16.3. The molecule has 1 amide bonds. The molecule has 0 saturated heterocycles. The van der Waals surface area contributed by atoms with Crippen LogP contribution in [0.2, 0.25) is 0 Å². The lowest BCUT2D eigenvalue weighted by atomic mass is 10.1. The highest BCUT2D eigenvalue weighted by Gasteiger charge is 2.13. The van der Waals surface area contributed by atoms with Gasteiger partial charge in [0.25, 0.3) is 0 Å². The van der Waals surface area contributed by atoms with Gasteiger partial charge in [-0.1, -0.05) is 30.3 Å². The van der Waals surface area contributed by atoms with E-state index in [1.54, 1.807) is 19.0 Å². The molecule has 1 aromatic carbocycles. The van der Waals surface area contributed by atoms with E-state index in [1.807, 2.05) is 42.3 Å². The number of likely N-dealkylation sites (N-methyl/N-ethyl adjacent to an activating group) is 2. The molecule has 4 heteroatoms. The summed E-state index contributed by atoms with van der Waals surface area (Å²) in [6.07, 6.45) is -0.559. The largest absolute Gasteiger partial charge is 0.387 e. The van der Waals surface area contributed by atoms with Gasteiger partial charge in [-0.05, 0) is 12.6 Å². The van der Waals surface area contributed by atoms with Gasteiger partial charge in [0, 0.05) is 20.6 Å². The molecule has 1 unspecified atom stereocenters. The molecule has 0 spiro atoms. The first-order valence-corrected chi connectivity index (χ1v) is 5.62. The number of rotatable bonds is 5. The maximum atomic E-state index is 11.5. The first-order valence-electron chi connectivity index (χ1n) is 5.62. The van der Waals surface area contributed by atoms with E-state index < -0.39 is 6.10 Å². The van der Waals surface area contributed by atoms with Crippen LogP contribution >= 0.6 is 0 Å². The number of hydrogen-bond donors (Lipinski definition) is 1. The normalized spacial score (nSPS) is 12.5. The van der Waals surface area contributed by atoms with Crippen molar-refractivity contribution in [2.75, 3.05) is 34.2 Å². The highest BCUT2D eigenvalue weighted by Crippen LogP contribution is 2.12. The average Bonchev–Trinajstić information content (AvgIpc) is 2.29. The SMILES string of the molecule is CN(CC(=O)N(C)C)CC(O)c1ccccc1. The van der Waals surface area contributed by atoms with E-state index in [0.717, 1.165) is 5.56 Å². The van der Waals surface area contributed by atoms with Crippen molar-refractivity contribution in [3.63, 3.8) is 0 Å². The Bertz CT molecular complexity index is 352. The highest BCUT2D eigenvalue weighted by molar-refractivity contribution is 5.77. The molecule has 1 atom stereocenters. The van der Waals surface area contributed by atoms with Crippen molar-refractivity contribution < 1.29 is 9.90 Å². The topological polar surface area (TPSA) is 43.8 Å². The third-order valence-corrected chi connectivity index (χ3v) is 2.57. The van der Waals surface area contributed by atoms with E-state index in [0.29, 0.717) is 13.1 Å². The van der Waals surface area contributed by atoms with Crippen molar-refractivity contribution >= 4 is 5.91 Å². The van der Waals surface area contributed by atoms with Crippen LogP contribution in [0.25, 0.3) is 0 Å². The van der Waals surface area contributed by atoms with Crippen LogP contribution in [-0.2, 0) is 4.79 Å². The fraction of sp³-hybridized carbons (Fsp3) is 0.462. The zero-order valence-corrected chi connectivity index (χ0v) is 10.6. The summed E-state index contributed by atoms with van der Waals surface area (Å²) in [6.45, 7) is 0.764. The van der Waals surface area contributed by atoms with Gasteiger partial charge in [0.2, 0.25) is 5.91 Å². The summed E-state index contributed by atoms with van der Waals surface area (Å²) in [7, 11) is 5.28. The van der Waals surface area contributed by atoms with Crippen LogP contribution in [0, 0.1) is 0 Å². The van der Waals surface area contributed by atoms with Crippen molar-refractivity contribution in [3.8, 4) is 0 Å². The lowest BCUT2D eigenvalue weighted by molar-refractivity contribution is -0.129. The predicted octanol–water partition coefficient (Wildman–Crippen LogP) is 0.740. The Morgan fingerprint density at radius 1 is 1.24 bits per heavy atom. The number of hydrogen-bond acceptors (Lipinski definition) is 3. The lowest BCUT2D eigenvalue weighted by Crippen LogP contribution is -2.36. The van der Waals surface area contributed by atoms with Crippen LogP contribution in [0.5, 0.6) is 0 Å². The predicted molar refractivity (Wildman–Crippen MR) is 67.6 cm³/mol. The van der Waals surface area contributed by atoms with Gasteiger partial charge in [-0.2, -0.15) is 0 Å². The number of nitrogens with zero attached hydrogens (tertiary/aromatic N) is 2. The third kappa shape index (κ3) is 4.54. The molecule has 0 aliphatic rings. The molecular weight excluding hydrogens is 216 g/mol. The van der Waals surface area contributed by atoms with Gasteiger partial charge >= 0.3 is 0 Å². The molecule has 94 valence electrons. The zero-order valence-electron chi connectivity index (χ0n) is 10.6. The lowest BCUT2D eigenvalue weighted by Gasteiger charge is -2.21. The molecule has 1 N–H and O–H groups in total. The van der Waals surface area contributed by atoms with Crippen molar-refractivity contribution in [1.82, 2.24) is 9.80 Å². The molecule has 0 fully saturated rings. The van der Waals surface area contributed by atoms with Crippen LogP contribution < -0.4 is 0 Å². The molecule has 17 heavy (non-hydrogen) atoms. The number of carbonyl (C=O) groups excluding carboxylic acids is 1. The summed E-state index contributed by atoms with van der Waals surface area (Å²) >= 11 is 0. The maximum absolute atomic E-state index is 11.5. The van der Waals surface area contributed by atoms with E-state index in [2.05, 4.69) is 0 Å². The van der Waals surface area contributed by atoms with Gasteiger partial charge < -0.3 is 10.0 Å². The molecule has 0 aliphatic heterocycles. The van der Waals surface area contributed by atoms with E-state index >= 15 is 0 Å². The van der Waals surface area contributed by atoms with Crippen LogP contribution in [-0.4, -0.2) is 55.0 Å². The summed E-state index contributed by atoms with van der Waals surface area (Å²) < 4.78 is 0. The van der Waals surface area contributed by atoms with Gasteiger partial charge in [-0.25, -0.2) is 0 Å². The molecule has 0 heterocycles. The maximum Gasteiger partial charge on any atom is 0.236 e.